The predicted octanol–water partition coefficient (Wildman–Crippen LogP) is 2.59. The molecular weight excluding hydrogens is 254 g/mol. The average Bonchev–Trinajstić information content (AvgIpc) is 2.95. The minimum absolute atomic E-state index is 0.0784. The molecule has 0 aliphatic carbocycles. The number of carbonyl (C=O) groups excluding carboxylic acids is 1. The van der Waals surface area contributed by atoms with Crippen molar-refractivity contribution in [3.8, 4) is 11.5 Å². The minimum Gasteiger partial charge on any atom is -0.421 e. The predicted molar refractivity (Wildman–Crippen MR) is 76.0 cm³/mol. The quantitative estimate of drug-likeness (QED) is 0.842. The highest BCUT2D eigenvalue weighted by Crippen LogP contribution is 2.16. The zero-order valence-electron chi connectivity index (χ0n) is 11.6. The minimum atomic E-state index is 0.0784. The Morgan fingerprint density at radius 3 is 2.80 bits per heavy atom. The molecule has 5 heteroatoms. The highest BCUT2D eigenvalue weighted by atomic mass is 16.4. The summed E-state index contributed by atoms with van der Waals surface area (Å²) in [6.45, 7) is 2.59. The molecule has 0 atom stereocenters. The summed E-state index contributed by atoms with van der Waals surface area (Å²) in [5.41, 5.74) is 0.901. The Morgan fingerprint density at radius 1 is 1.25 bits per heavy atom. The standard InChI is InChI=1S/C15H19N3O2/c1-2-3-9-13(19)16-11-10-14-17-18-15(20-14)12-7-5-4-6-8-12/h4-8H,2-3,9-11H2,1H3,(H,16,19). The van der Waals surface area contributed by atoms with Crippen molar-refractivity contribution in [1.82, 2.24) is 15.5 Å². The number of unbranched alkanes of at least 4 members (excludes halogenated alkanes) is 1. The van der Waals surface area contributed by atoms with E-state index < -0.39 is 0 Å². The topological polar surface area (TPSA) is 68.0 Å². The molecular formula is C15H19N3O2. The third kappa shape index (κ3) is 4.19. The summed E-state index contributed by atoms with van der Waals surface area (Å²) < 4.78 is 5.56. The number of nitrogens with zero attached hydrogens (tertiary/aromatic N) is 2. The van der Waals surface area contributed by atoms with Gasteiger partial charge >= 0.3 is 0 Å². The van der Waals surface area contributed by atoms with Crippen LogP contribution in [-0.4, -0.2) is 22.6 Å². The van der Waals surface area contributed by atoms with Crippen LogP contribution in [0.2, 0.25) is 0 Å². The summed E-state index contributed by atoms with van der Waals surface area (Å²) in [5, 5.41) is 10.8. The Labute approximate surface area is 118 Å². The number of benzene rings is 1. The van der Waals surface area contributed by atoms with Crippen molar-refractivity contribution >= 4 is 5.91 Å². The lowest BCUT2D eigenvalue weighted by molar-refractivity contribution is -0.121. The molecule has 1 N–H and O–H groups in total. The molecule has 0 aliphatic rings. The van der Waals surface area contributed by atoms with Gasteiger partial charge in [0.25, 0.3) is 0 Å². The number of hydrogen-bond acceptors (Lipinski definition) is 4. The number of aromatic nitrogens is 2. The van der Waals surface area contributed by atoms with Gasteiger partial charge in [0.2, 0.25) is 17.7 Å². The fourth-order valence-electron chi connectivity index (χ4n) is 1.79. The maximum absolute atomic E-state index is 11.4. The first-order chi connectivity index (χ1) is 9.79. The number of nitrogens with one attached hydrogen (secondary N) is 1. The van der Waals surface area contributed by atoms with Crippen LogP contribution in [0.5, 0.6) is 0 Å². The van der Waals surface area contributed by atoms with E-state index in [0.29, 0.717) is 31.2 Å². The van der Waals surface area contributed by atoms with E-state index in [2.05, 4.69) is 22.4 Å². The van der Waals surface area contributed by atoms with Crippen molar-refractivity contribution in [2.75, 3.05) is 6.54 Å². The van der Waals surface area contributed by atoms with E-state index in [4.69, 9.17) is 4.42 Å². The van der Waals surface area contributed by atoms with Crippen LogP contribution >= 0.6 is 0 Å². The summed E-state index contributed by atoms with van der Waals surface area (Å²) in [6.07, 6.45) is 3.08. The molecule has 1 heterocycles. The molecule has 1 aromatic carbocycles. The Bertz CT molecular complexity index is 537. The highest BCUT2D eigenvalue weighted by Gasteiger charge is 2.08. The van der Waals surface area contributed by atoms with Crippen molar-refractivity contribution in [2.45, 2.75) is 32.6 Å². The summed E-state index contributed by atoms with van der Waals surface area (Å²) >= 11 is 0. The lowest BCUT2D eigenvalue weighted by Crippen LogP contribution is -2.25. The van der Waals surface area contributed by atoms with Gasteiger partial charge in [-0.05, 0) is 18.6 Å². The average molecular weight is 273 g/mol. The zero-order chi connectivity index (χ0) is 14.2. The number of hydrogen-bond donors (Lipinski definition) is 1. The molecule has 0 unspecified atom stereocenters. The SMILES string of the molecule is CCCCC(=O)NCCc1nnc(-c2ccccc2)o1. The molecule has 0 saturated heterocycles. The van der Waals surface area contributed by atoms with Gasteiger partial charge in [0, 0.05) is 24.9 Å². The Hall–Kier alpha value is -2.17. The maximum Gasteiger partial charge on any atom is 0.247 e. The van der Waals surface area contributed by atoms with Crippen LogP contribution in [0.3, 0.4) is 0 Å². The van der Waals surface area contributed by atoms with E-state index in [1.807, 2.05) is 30.3 Å². The maximum atomic E-state index is 11.4. The Kier molecular flexibility index (Phi) is 5.29. The monoisotopic (exact) mass is 273 g/mol. The number of rotatable bonds is 7. The van der Waals surface area contributed by atoms with E-state index >= 15 is 0 Å². The second-order valence-electron chi connectivity index (χ2n) is 4.57. The molecule has 0 bridgehead atoms. The van der Waals surface area contributed by atoms with E-state index in [1.165, 1.54) is 0 Å². The largest absolute Gasteiger partial charge is 0.421 e. The van der Waals surface area contributed by atoms with Crippen LogP contribution in [0.15, 0.2) is 34.7 Å². The second kappa shape index (κ2) is 7.43. The molecule has 0 radical (unpaired) electrons. The van der Waals surface area contributed by atoms with Gasteiger partial charge < -0.3 is 9.73 Å². The molecule has 20 heavy (non-hydrogen) atoms. The molecule has 1 amide bonds. The van der Waals surface area contributed by atoms with Crippen molar-refractivity contribution in [3.05, 3.63) is 36.2 Å². The third-order valence-electron chi connectivity index (χ3n) is 2.91. The molecule has 2 aromatic rings. The van der Waals surface area contributed by atoms with Crippen molar-refractivity contribution < 1.29 is 9.21 Å². The van der Waals surface area contributed by atoms with E-state index in [0.717, 1.165) is 18.4 Å². The molecule has 0 spiro atoms. The lowest BCUT2D eigenvalue weighted by atomic mass is 10.2. The van der Waals surface area contributed by atoms with Crippen molar-refractivity contribution in [3.63, 3.8) is 0 Å². The normalized spacial score (nSPS) is 10.4. The first-order valence-electron chi connectivity index (χ1n) is 6.94. The summed E-state index contributed by atoms with van der Waals surface area (Å²) in [4.78, 5) is 11.4. The van der Waals surface area contributed by atoms with Gasteiger partial charge in [-0.25, -0.2) is 0 Å². The van der Waals surface area contributed by atoms with Gasteiger partial charge in [0.1, 0.15) is 0 Å². The summed E-state index contributed by atoms with van der Waals surface area (Å²) in [6, 6.07) is 9.63. The molecule has 2 rings (SSSR count). The van der Waals surface area contributed by atoms with Crippen LogP contribution in [0.4, 0.5) is 0 Å². The molecule has 1 aromatic heterocycles. The lowest BCUT2D eigenvalue weighted by Gasteiger charge is -2.01. The zero-order valence-corrected chi connectivity index (χ0v) is 11.6. The van der Waals surface area contributed by atoms with Gasteiger partial charge in [0.05, 0.1) is 0 Å². The number of carbonyl (C=O) groups is 1. The van der Waals surface area contributed by atoms with Gasteiger partial charge in [0.15, 0.2) is 0 Å². The van der Waals surface area contributed by atoms with Crippen LogP contribution in [0, 0.1) is 0 Å². The highest BCUT2D eigenvalue weighted by molar-refractivity contribution is 5.75. The first-order valence-corrected chi connectivity index (χ1v) is 6.94. The van der Waals surface area contributed by atoms with Gasteiger partial charge in [-0.3, -0.25) is 4.79 Å². The first kappa shape index (κ1) is 14.2. The molecule has 0 fully saturated rings. The van der Waals surface area contributed by atoms with Crippen molar-refractivity contribution in [1.29, 1.82) is 0 Å². The third-order valence-corrected chi connectivity index (χ3v) is 2.91. The fraction of sp³-hybridized carbons (Fsp3) is 0.400. The molecule has 0 aliphatic heterocycles. The molecule has 0 saturated carbocycles. The van der Waals surface area contributed by atoms with Crippen LogP contribution in [0.1, 0.15) is 32.1 Å². The fourth-order valence-corrected chi connectivity index (χ4v) is 1.79. The van der Waals surface area contributed by atoms with Gasteiger partial charge in [-0.1, -0.05) is 31.5 Å². The van der Waals surface area contributed by atoms with E-state index in [-0.39, 0.29) is 5.91 Å². The van der Waals surface area contributed by atoms with Gasteiger partial charge in [-0.2, -0.15) is 0 Å². The van der Waals surface area contributed by atoms with E-state index in [1.54, 1.807) is 0 Å². The van der Waals surface area contributed by atoms with Crippen LogP contribution in [0.25, 0.3) is 11.5 Å². The summed E-state index contributed by atoms with van der Waals surface area (Å²) in [5.74, 6) is 1.13. The van der Waals surface area contributed by atoms with E-state index in [9.17, 15) is 4.79 Å². The second-order valence-corrected chi connectivity index (χ2v) is 4.57. The molecule has 106 valence electrons. The number of amides is 1. The van der Waals surface area contributed by atoms with Crippen LogP contribution < -0.4 is 5.32 Å². The smallest absolute Gasteiger partial charge is 0.247 e. The Balaban J connectivity index is 1.80. The summed E-state index contributed by atoms with van der Waals surface area (Å²) in [7, 11) is 0. The van der Waals surface area contributed by atoms with Crippen molar-refractivity contribution in [2.24, 2.45) is 0 Å². The van der Waals surface area contributed by atoms with Crippen LogP contribution in [-0.2, 0) is 11.2 Å². The Morgan fingerprint density at radius 2 is 2.05 bits per heavy atom. The molecule has 5 nitrogen and oxygen atoms in total. The van der Waals surface area contributed by atoms with Gasteiger partial charge in [-0.15, -0.1) is 10.2 Å².